The third-order valence-corrected chi connectivity index (χ3v) is 3.59. The Morgan fingerprint density at radius 3 is 2.19 bits per heavy atom. The van der Waals surface area contributed by atoms with Crippen molar-refractivity contribution < 1.29 is 8.42 Å². The molecule has 1 aromatic carbocycles. The average Bonchev–Trinajstić information content (AvgIpc) is 2.05. The van der Waals surface area contributed by atoms with Crippen molar-refractivity contribution in [1.29, 1.82) is 0 Å². The molecule has 0 atom stereocenters. The van der Waals surface area contributed by atoms with Crippen molar-refractivity contribution in [2.24, 2.45) is 0 Å². The lowest BCUT2D eigenvalue weighted by molar-refractivity contribution is 0.479. The summed E-state index contributed by atoms with van der Waals surface area (Å²) in [5.41, 5.74) is 2.48. The molecule has 3 nitrogen and oxygen atoms in total. The molecule has 0 spiro atoms. The van der Waals surface area contributed by atoms with Crippen molar-refractivity contribution in [2.75, 3.05) is 0 Å². The normalized spacial score (nSPS) is 12.8. The van der Waals surface area contributed by atoms with Crippen LogP contribution in [-0.4, -0.2) is 8.42 Å². The summed E-state index contributed by atoms with van der Waals surface area (Å²) in [5.74, 6) is 0. The van der Waals surface area contributed by atoms with Gasteiger partial charge in [0.1, 0.15) is 0 Å². The first-order valence-corrected chi connectivity index (χ1v) is 7.24. The topological polar surface area (TPSA) is 46.2 Å². The highest BCUT2D eigenvalue weighted by Crippen LogP contribution is 2.23. The highest BCUT2D eigenvalue weighted by molar-refractivity contribution is 8.12. The highest BCUT2D eigenvalue weighted by Gasteiger charge is 2.25. The smallest absolute Gasteiger partial charge is 0.195 e. The summed E-state index contributed by atoms with van der Waals surface area (Å²) in [5, 5.41) is 0. The van der Waals surface area contributed by atoms with E-state index in [1.807, 2.05) is 32.0 Å². The summed E-state index contributed by atoms with van der Waals surface area (Å²) in [4.78, 5) is 0. The third-order valence-electron chi connectivity index (χ3n) is 2.61. The van der Waals surface area contributed by atoms with E-state index in [0.717, 1.165) is 11.1 Å². The van der Waals surface area contributed by atoms with Crippen LogP contribution in [0, 0.1) is 13.8 Å². The molecule has 0 aliphatic rings. The van der Waals surface area contributed by atoms with Gasteiger partial charge in [-0.25, -0.2) is 0 Å². The molecule has 16 heavy (non-hydrogen) atoms. The maximum Gasteiger partial charge on any atom is 0.298 e. The van der Waals surface area contributed by atoms with Gasteiger partial charge < -0.3 is 0 Å². The Hall–Kier alpha value is -0.580. The number of hydrogen-bond donors (Lipinski definition) is 1. The molecule has 1 rings (SSSR count). The average molecular weight is 262 g/mol. The Balaban J connectivity index is 3.12. The Morgan fingerprint density at radius 2 is 1.75 bits per heavy atom. The van der Waals surface area contributed by atoms with Crippen LogP contribution < -0.4 is 4.72 Å². The van der Waals surface area contributed by atoms with Gasteiger partial charge in [0.15, 0.2) is 0 Å². The van der Waals surface area contributed by atoms with E-state index >= 15 is 0 Å². The zero-order valence-electron chi connectivity index (χ0n) is 9.83. The Bertz CT molecular complexity index is 495. The van der Waals surface area contributed by atoms with Gasteiger partial charge in [0.05, 0.1) is 5.54 Å². The van der Waals surface area contributed by atoms with E-state index in [4.69, 9.17) is 10.7 Å². The molecule has 0 aromatic heterocycles. The first-order valence-electron chi connectivity index (χ1n) is 4.93. The minimum absolute atomic E-state index is 0.709. The maximum atomic E-state index is 11.0. The number of hydrogen-bond acceptors (Lipinski definition) is 2. The molecule has 1 N–H and O–H groups in total. The fourth-order valence-corrected chi connectivity index (χ4v) is 2.80. The lowest BCUT2D eigenvalue weighted by atomic mass is 9.93. The second-order valence-corrected chi connectivity index (χ2v) is 6.76. The Kier molecular flexibility index (Phi) is 3.67. The summed E-state index contributed by atoms with van der Waals surface area (Å²) in [7, 11) is 1.47. The van der Waals surface area contributed by atoms with Crippen molar-refractivity contribution in [3.05, 3.63) is 34.9 Å². The van der Waals surface area contributed by atoms with E-state index in [1.54, 1.807) is 13.8 Å². The zero-order chi connectivity index (χ0) is 12.6. The van der Waals surface area contributed by atoms with Gasteiger partial charge in [-0.2, -0.15) is 13.1 Å². The molecule has 5 heteroatoms. The summed E-state index contributed by atoms with van der Waals surface area (Å²) in [6, 6.07) is 5.83. The SMILES string of the molecule is Cc1ccc(C(C)(C)NS(=O)(=O)Cl)cc1C. The molecular weight excluding hydrogens is 246 g/mol. The van der Waals surface area contributed by atoms with E-state index in [-0.39, 0.29) is 0 Å². The molecule has 0 saturated heterocycles. The number of aryl methyl sites for hydroxylation is 2. The van der Waals surface area contributed by atoms with Gasteiger partial charge >= 0.3 is 0 Å². The third kappa shape index (κ3) is 3.47. The van der Waals surface area contributed by atoms with Crippen LogP contribution in [0.5, 0.6) is 0 Å². The van der Waals surface area contributed by atoms with Crippen molar-refractivity contribution in [3.8, 4) is 0 Å². The lowest BCUT2D eigenvalue weighted by Crippen LogP contribution is -2.38. The molecular formula is C11H16ClNO2S. The molecule has 0 aliphatic carbocycles. The summed E-state index contributed by atoms with van der Waals surface area (Å²) in [6.07, 6.45) is 0. The first kappa shape index (κ1) is 13.5. The standard InChI is InChI=1S/C11H16ClNO2S/c1-8-5-6-10(7-9(8)2)11(3,4)13-16(12,14)15/h5-7,13H,1-4H3. The number of halogens is 1. The van der Waals surface area contributed by atoms with Crippen molar-refractivity contribution in [3.63, 3.8) is 0 Å². The second-order valence-electron chi connectivity index (χ2n) is 4.46. The van der Waals surface area contributed by atoms with Gasteiger partial charge in [-0.1, -0.05) is 18.2 Å². The van der Waals surface area contributed by atoms with Crippen LogP contribution in [0.15, 0.2) is 18.2 Å². The van der Waals surface area contributed by atoms with Crippen LogP contribution in [0.1, 0.15) is 30.5 Å². The zero-order valence-corrected chi connectivity index (χ0v) is 11.4. The minimum Gasteiger partial charge on any atom is -0.195 e. The van der Waals surface area contributed by atoms with E-state index in [1.165, 1.54) is 5.56 Å². The summed E-state index contributed by atoms with van der Waals surface area (Å²) >= 11 is 0. The van der Waals surface area contributed by atoms with Crippen molar-refractivity contribution in [1.82, 2.24) is 4.72 Å². The highest BCUT2D eigenvalue weighted by atomic mass is 35.7. The largest absolute Gasteiger partial charge is 0.298 e. The second kappa shape index (κ2) is 4.35. The number of nitrogens with one attached hydrogen (secondary N) is 1. The van der Waals surface area contributed by atoms with Crippen LogP contribution in [0.25, 0.3) is 0 Å². The molecule has 90 valence electrons. The summed E-state index contributed by atoms with van der Waals surface area (Å²) < 4.78 is 24.4. The quantitative estimate of drug-likeness (QED) is 0.851. The minimum atomic E-state index is -3.73. The molecule has 0 heterocycles. The van der Waals surface area contributed by atoms with Gasteiger partial charge in [-0.05, 0) is 44.4 Å². The summed E-state index contributed by atoms with van der Waals surface area (Å²) in [6.45, 7) is 7.55. The fourth-order valence-electron chi connectivity index (χ4n) is 1.49. The van der Waals surface area contributed by atoms with Gasteiger partial charge in [-0.15, -0.1) is 0 Å². The molecule has 0 bridgehead atoms. The van der Waals surface area contributed by atoms with Crippen LogP contribution >= 0.6 is 10.7 Å². The van der Waals surface area contributed by atoms with Crippen LogP contribution in [0.4, 0.5) is 0 Å². The molecule has 0 amide bonds. The Morgan fingerprint density at radius 1 is 1.19 bits per heavy atom. The van der Waals surface area contributed by atoms with Gasteiger partial charge in [0, 0.05) is 10.7 Å². The fraction of sp³-hybridized carbons (Fsp3) is 0.455. The van der Waals surface area contributed by atoms with Gasteiger partial charge in [0.2, 0.25) is 0 Å². The molecule has 0 fully saturated rings. The maximum absolute atomic E-state index is 11.0. The first-order chi connectivity index (χ1) is 7.12. The van der Waals surface area contributed by atoms with E-state index in [0.29, 0.717) is 0 Å². The van der Waals surface area contributed by atoms with E-state index in [2.05, 4.69) is 4.72 Å². The van der Waals surface area contributed by atoms with Gasteiger partial charge in [-0.3, -0.25) is 0 Å². The molecule has 0 radical (unpaired) electrons. The molecule has 1 aromatic rings. The Labute approximate surface area is 101 Å². The molecule has 0 unspecified atom stereocenters. The lowest BCUT2D eigenvalue weighted by Gasteiger charge is -2.25. The monoisotopic (exact) mass is 261 g/mol. The predicted octanol–water partition coefficient (Wildman–Crippen LogP) is 2.61. The molecule has 0 aliphatic heterocycles. The van der Waals surface area contributed by atoms with E-state index < -0.39 is 14.8 Å². The van der Waals surface area contributed by atoms with E-state index in [9.17, 15) is 8.42 Å². The number of rotatable bonds is 3. The van der Waals surface area contributed by atoms with Crippen LogP contribution in [-0.2, 0) is 14.8 Å². The predicted molar refractivity (Wildman–Crippen MR) is 66.9 cm³/mol. The van der Waals surface area contributed by atoms with Crippen molar-refractivity contribution >= 4 is 19.9 Å². The number of benzene rings is 1. The van der Waals surface area contributed by atoms with Gasteiger partial charge in [0.25, 0.3) is 9.24 Å². The van der Waals surface area contributed by atoms with Crippen LogP contribution in [0.2, 0.25) is 0 Å². The van der Waals surface area contributed by atoms with Crippen LogP contribution in [0.3, 0.4) is 0 Å². The van der Waals surface area contributed by atoms with Crippen molar-refractivity contribution in [2.45, 2.75) is 33.2 Å². The molecule has 0 saturated carbocycles.